The summed E-state index contributed by atoms with van der Waals surface area (Å²) in [5.41, 5.74) is 11.6. The number of aromatic nitrogens is 1. The molecule has 2 aromatic heterocycles. The number of rotatable bonds is 4. The van der Waals surface area contributed by atoms with E-state index in [-0.39, 0.29) is 5.82 Å². The molecule has 5 aromatic carbocycles. The molecule has 0 aliphatic heterocycles. The van der Waals surface area contributed by atoms with Crippen molar-refractivity contribution in [2.45, 2.75) is 13.8 Å². The number of furan rings is 1. The summed E-state index contributed by atoms with van der Waals surface area (Å²) in [4.78, 5) is 0. The molecule has 2 nitrogen and oxygen atoms in total. The van der Waals surface area contributed by atoms with Crippen LogP contribution in [0, 0.1) is 19.7 Å². The van der Waals surface area contributed by atoms with Gasteiger partial charge in [0.1, 0.15) is 24.0 Å². The van der Waals surface area contributed by atoms with E-state index in [1.165, 1.54) is 16.7 Å². The molecule has 41 heavy (non-hydrogen) atoms. The lowest BCUT2D eigenvalue weighted by Gasteiger charge is -2.09. The van der Waals surface area contributed by atoms with Gasteiger partial charge in [-0.15, -0.1) is 0 Å². The Morgan fingerprint density at radius 2 is 1.17 bits per heavy atom. The normalized spacial score (nSPS) is 11.4. The molecule has 0 amide bonds. The topological polar surface area (TPSA) is 17.0 Å². The standard InChI is InChI=1S/C38H29FNO/c1-24-9-7-8-12-30(24)27-14-16-28(17-15-27)36-33(39)21-20-32-31-19-13-25(2)35(37(31)41-38(32)36)34-22-18-29(23-40(34)3)26-10-5-4-6-11-26/h4-23H,1-3H3/q+1. The number of fused-ring (bicyclic) bond motifs is 3. The van der Waals surface area contributed by atoms with Gasteiger partial charge in [-0.05, 0) is 65.4 Å². The average Bonchev–Trinajstić information content (AvgIpc) is 3.37. The summed E-state index contributed by atoms with van der Waals surface area (Å²) < 4.78 is 24.3. The minimum Gasteiger partial charge on any atom is -0.454 e. The van der Waals surface area contributed by atoms with Crippen molar-refractivity contribution in [2.75, 3.05) is 0 Å². The van der Waals surface area contributed by atoms with E-state index in [4.69, 9.17) is 4.42 Å². The van der Waals surface area contributed by atoms with Crippen molar-refractivity contribution in [3.63, 3.8) is 0 Å². The third-order valence-electron chi connectivity index (χ3n) is 8.09. The van der Waals surface area contributed by atoms with Crippen molar-refractivity contribution in [1.82, 2.24) is 0 Å². The maximum absolute atomic E-state index is 15.5. The first-order valence-corrected chi connectivity index (χ1v) is 13.9. The molecule has 2 heterocycles. The van der Waals surface area contributed by atoms with Crippen LogP contribution < -0.4 is 4.57 Å². The van der Waals surface area contributed by atoms with Crippen LogP contribution in [0.2, 0.25) is 0 Å². The molecule has 0 N–H and O–H groups in total. The third-order valence-corrected chi connectivity index (χ3v) is 8.09. The molecule has 0 fully saturated rings. The van der Waals surface area contributed by atoms with E-state index in [1.54, 1.807) is 6.07 Å². The predicted octanol–water partition coefficient (Wildman–Crippen LogP) is 9.83. The van der Waals surface area contributed by atoms with Gasteiger partial charge in [0.05, 0.1) is 11.1 Å². The van der Waals surface area contributed by atoms with E-state index < -0.39 is 0 Å². The summed E-state index contributed by atoms with van der Waals surface area (Å²) in [5, 5.41) is 1.88. The fourth-order valence-corrected chi connectivity index (χ4v) is 5.95. The maximum Gasteiger partial charge on any atom is 0.216 e. The molecule has 0 bridgehead atoms. The van der Waals surface area contributed by atoms with Gasteiger partial charge in [-0.1, -0.05) is 91.0 Å². The highest BCUT2D eigenvalue weighted by atomic mass is 19.1. The Hall–Kier alpha value is -5.02. The van der Waals surface area contributed by atoms with E-state index in [2.05, 4.69) is 104 Å². The predicted molar refractivity (Wildman–Crippen MR) is 166 cm³/mol. The fraction of sp³-hybridized carbons (Fsp3) is 0.0789. The van der Waals surface area contributed by atoms with Gasteiger partial charge >= 0.3 is 0 Å². The van der Waals surface area contributed by atoms with Crippen molar-refractivity contribution in [3.05, 3.63) is 138 Å². The Morgan fingerprint density at radius 3 is 1.90 bits per heavy atom. The van der Waals surface area contributed by atoms with Crippen LogP contribution in [0.3, 0.4) is 0 Å². The molecule has 0 aliphatic rings. The lowest BCUT2D eigenvalue weighted by atomic mass is 9.96. The van der Waals surface area contributed by atoms with E-state index >= 15 is 4.39 Å². The third kappa shape index (κ3) is 4.22. The van der Waals surface area contributed by atoms with Gasteiger partial charge < -0.3 is 4.42 Å². The number of halogens is 1. The zero-order valence-electron chi connectivity index (χ0n) is 23.3. The lowest BCUT2D eigenvalue weighted by molar-refractivity contribution is -0.659. The molecule has 198 valence electrons. The quantitative estimate of drug-likeness (QED) is 0.205. The molecule has 7 rings (SSSR count). The molecule has 0 spiro atoms. The van der Waals surface area contributed by atoms with Gasteiger partial charge in [0.2, 0.25) is 5.69 Å². The number of benzene rings is 5. The van der Waals surface area contributed by atoms with Crippen LogP contribution in [0.15, 0.2) is 126 Å². The highest BCUT2D eigenvalue weighted by molar-refractivity contribution is 6.13. The van der Waals surface area contributed by atoms with Gasteiger partial charge in [0.15, 0.2) is 6.20 Å². The molecular weight excluding hydrogens is 505 g/mol. The Bertz CT molecular complexity index is 2070. The molecule has 0 radical (unpaired) electrons. The van der Waals surface area contributed by atoms with Crippen molar-refractivity contribution in [2.24, 2.45) is 7.05 Å². The van der Waals surface area contributed by atoms with Crippen LogP contribution in [-0.2, 0) is 7.05 Å². The summed E-state index contributed by atoms with van der Waals surface area (Å²) in [5.74, 6) is -0.295. The molecule has 3 heteroatoms. The van der Waals surface area contributed by atoms with Gasteiger partial charge in [-0.3, -0.25) is 0 Å². The second kappa shape index (κ2) is 9.87. The molecule has 0 saturated carbocycles. The fourth-order valence-electron chi connectivity index (χ4n) is 5.95. The van der Waals surface area contributed by atoms with E-state index in [0.29, 0.717) is 11.1 Å². The second-order valence-corrected chi connectivity index (χ2v) is 10.7. The lowest BCUT2D eigenvalue weighted by Crippen LogP contribution is -2.30. The Morgan fingerprint density at radius 1 is 0.537 bits per heavy atom. The first-order chi connectivity index (χ1) is 20.0. The van der Waals surface area contributed by atoms with Gasteiger partial charge in [-0.25, -0.2) is 8.96 Å². The monoisotopic (exact) mass is 534 g/mol. The number of hydrogen-bond donors (Lipinski definition) is 0. The number of hydrogen-bond acceptors (Lipinski definition) is 1. The summed E-state index contributed by atoms with van der Waals surface area (Å²) in [6.45, 7) is 4.20. The highest BCUT2D eigenvalue weighted by Crippen LogP contribution is 2.42. The Labute approximate surface area is 239 Å². The van der Waals surface area contributed by atoms with Crippen molar-refractivity contribution >= 4 is 21.9 Å². The van der Waals surface area contributed by atoms with Crippen LogP contribution in [0.4, 0.5) is 4.39 Å². The molecule has 0 unspecified atom stereocenters. The molecule has 0 saturated heterocycles. The molecule has 0 atom stereocenters. The van der Waals surface area contributed by atoms with Crippen molar-refractivity contribution in [3.8, 4) is 44.6 Å². The number of aryl methyl sites for hydroxylation is 3. The first-order valence-electron chi connectivity index (χ1n) is 13.9. The van der Waals surface area contributed by atoms with Crippen molar-refractivity contribution < 1.29 is 13.4 Å². The summed E-state index contributed by atoms with van der Waals surface area (Å²) in [7, 11) is 2.06. The summed E-state index contributed by atoms with van der Waals surface area (Å²) >= 11 is 0. The van der Waals surface area contributed by atoms with Gasteiger partial charge in [-0.2, -0.15) is 0 Å². The Kier molecular flexibility index (Phi) is 6.01. The summed E-state index contributed by atoms with van der Waals surface area (Å²) in [6, 6.07) is 38.6. The zero-order valence-corrected chi connectivity index (χ0v) is 23.3. The smallest absolute Gasteiger partial charge is 0.216 e. The van der Waals surface area contributed by atoms with Crippen LogP contribution in [0.1, 0.15) is 11.1 Å². The van der Waals surface area contributed by atoms with Crippen molar-refractivity contribution in [1.29, 1.82) is 0 Å². The van der Waals surface area contributed by atoms with E-state index in [1.807, 2.05) is 36.4 Å². The van der Waals surface area contributed by atoms with Crippen LogP contribution in [0.5, 0.6) is 0 Å². The van der Waals surface area contributed by atoms with Gasteiger partial charge in [0, 0.05) is 22.4 Å². The SMILES string of the molecule is Cc1ccccc1-c1ccc(-c2c(F)ccc3c2oc2c(-c4ccc(-c5ccccc5)c[n+]4C)c(C)ccc23)cc1. The Balaban J connectivity index is 1.39. The second-order valence-electron chi connectivity index (χ2n) is 10.7. The molecular formula is C38H29FNO+. The summed E-state index contributed by atoms with van der Waals surface area (Å²) in [6.07, 6.45) is 2.15. The largest absolute Gasteiger partial charge is 0.454 e. The van der Waals surface area contributed by atoms with Crippen LogP contribution in [-0.4, -0.2) is 0 Å². The van der Waals surface area contributed by atoms with E-state index in [0.717, 1.165) is 49.9 Å². The maximum atomic E-state index is 15.5. The minimum atomic E-state index is -0.295. The van der Waals surface area contributed by atoms with Crippen LogP contribution >= 0.6 is 0 Å². The minimum absolute atomic E-state index is 0.295. The van der Waals surface area contributed by atoms with E-state index in [9.17, 15) is 0 Å². The average molecular weight is 535 g/mol. The first kappa shape index (κ1) is 25.0. The highest BCUT2D eigenvalue weighted by Gasteiger charge is 2.23. The number of pyridine rings is 1. The van der Waals surface area contributed by atoms with Crippen LogP contribution in [0.25, 0.3) is 66.6 Å². The van der Waals surface area contributed by atoms with Gasteiger partial charge in [0.25, 0.3) is 0 Å². The molecule has 7 aromatic rings. The molecule has 0 aliphatic carbocycles. The number of nitrogens with zero attached hydrogens (tertiary/aromatic N) is 1. The zero-order chi connectivity index (χ0) is 28.1.